The SMILES string of the molecule is Cc1nn(C)c(C)c1C(=O)C(=O)Nc1cccc2ccccc12. The Labute approximate surface area is 133 Å². The molecular formula is C18H17N3O2. The lowest BCUT2D eigenvalue weighted by Gasteiger charge is -2.08. The maximum atomic E-state index is 12.5. The molecule has 0 fully saturated rings. The van der Waals surface area contributed by atoms with E-state index in [4.69, 9.17) is 0 Å². The quantitative estimate of drug-likeness (QED) is 0.597. The van der Waals surface area contributed by atoms with E-state index in [1.54, 1.807) is 31.6 Å². The maximum absolute atomic E-state index is 12.5. The monoisotopic (exact) mass is 307 g/mol. The summed E-state index contributed by atoms with van der Waals surface area (Å²) in [6.07, 6.45) is 0. The summed E-state index contributed by atoms with van der Waals surface area (Å²) in [5, 5.41) is 8.81. The Kier molecular flexibility index (Phi) is 3.70. The van der Waals surface area contributed by atoms with Crippen molar-refractivity contribution >= 4 is 28.2 Å². The van der Waals surface area contributed by atoms with Gasteiger partial charge in [0.15, 0.2) is 0 Å². The number of fused-ring (bicyclic) bond motifs is 1. The van der Waals surface area contributed by atoms with Gasteiger partial charge < -0.3 is 5.32 Å². The molecule has 0 atom stereocenters. The fraction of sp³-hybridized carbons (Fsp3) is 0.167. The lowest BCUT2D eigenvalue weighted by atomic mass is 10.1. The minimum absolute atomic E-state index is 0.366. The molecule has 116 valence electrons. The number of amides is 1. The van der Waals surface area contributed by atoms with Crippen molar-refractivity contribution in [2.75, 3.05) is 5.32 Å². The number of aromatic nitrogens is 2. The number of hydrogen-bond acceptors (Lipinski definition) is 3. The maximum Gasteiger partial charge on any atom is 0.296 e. The molecule has 0 aliphatic carbocycles. The molecular weight excluding hydrogens is 290 g/mol. The van der Waals surface area contributed by atoms with E-state index >= 15 is 0 Å². The second-order valence-electron chi connectivity index (χ2n) is 5.48. The predicted octanol–water partition coefficient (Wildman–Crippen LogP) is 3.01. The Bertz CT molecular complexity index is 920. The van der Waals surface area contributed by atoms with Crippen LogP contribution in [0.3, 0.4) is 0 Å². The van der Waals surface area contributed by atoms with Crippen molar-refractivity contribution in [3.8, 4) is 0 Å². The lowest BCUT2D eigenvalue weighted by Crippen LogP contribution is -2.24. The Hall–Kier alpha value is -2.95. The van der Waals surface area contributed by atoms with Gasteiger partial charge in [-0.2, -0.15) is 5.10 Å². The van der Waals surface area contributed by atoms with Crippen molar-refractivity contribution in [1.82, 2.24) is 9.78 Å². The average Bonchev–Trinajstić information content (AvgIpc) is 2.79. The molecule has 1 aromatic heterocycles. The van der Waals surface area contributed by atoms with Gasteiger partial charge in [0.25, 0.3) is 11.7 Å². The second-order valence-corrected chi connectivity index (χ2v) is 5.48. The molecule has 5 heteroatoms. The highest BCUT2D eigenvalue weighted by Gasteiger charge is 2.24. The number of Topliss-reactive ketones (excluding diaryl/α,β-unsaturated/α-hetero) is 1. The van der Waals surface area contributed by atoms with E-state index in [9.17, 15) is 9.59 Å². The molecule has 0 saturated carbocycles. The van der Waals surface area contributed by atoms with E-state index in [-0.39, 0.29) is 0 Å². The summed E-state index contributed by atoms with van der Waals surface area (Å²) < 4.78 is 1.60. The van der Waals surface area contributed by atoms with Crippen molar-refractivity contribution in [3.63, 3.8) is 0 Å². The van der Waals surface area contributed by atoms with Crippen LogP contribution in [-0.2, 0) is 11.8 Å². The van der Waals surface area contributed by atoms with Gasteiger partial charge in [0, 0.05) is 23.8 Å². The molecule has 5 nitrogen and oxygen atoms in total. The van der Waals surface area contributed by atoms with Crippen LogP contribution < -0.4 is 5.32 Å². The number of nitrogens with one attached hydrogen (secondary N) is 1. The number of carbonyl (C=O) groups is 2. The fourth-order valence-corrected chi connectivity index (χ4v) is 2.73. The summed E-state index contributed by atoms with van der Waals surface area (Å²) in [5.74, 6) is -1.22. The first-order valence-electron chi connectivity index (χ1n) is 7.32. The van der Waals surface area contributed by atoms with Crippen molar-refractivity contribution in [2.24, 2.45) is 7.05 Å². The van der Waals surface area contributed by atoms with Crippen LogP contribution in [0, 0.1) is 13.8 Å². The number of benzene rings is 2. The van der Waals surface area contributed by atoms with E-state index < -0.39 is 11.7 Å². The molecule has 0 bridgehead atoms. The van der Waals surface area contributed by atoms with Crippen LogP contribution in [0.15, 0.2) is 42.5 Å². The van der Waals surface area contributed by atoms with Crippen LogP contribution in [-0.4, -0.2) is 21.5 Å². The van der Waals surface area contributed by atoms with Crippen LogP contribution in [0.25, 0.3) is 10.8 Å². The summed E-state index contributed by atoms with van der Waals surface area (Å²) in [7, 11) is 1.75. The van der Waals surface area contributed by atoms with Crippen molar-refractivity contribution in [3.05, 3.63) is 59.4 Å². The standard InChI is InChI=1S/C18H17N3O2/c1-11-16(12(2)21(3)20-11)17(22)18(23)19-15-10-6-8-13-7-4-5-9-14(13)15/h4-10H,1-3H3,(H,19,23). The Morgan fingerprint density at radius 3 is 2.43 bits per heavy atom. The molecule has 0 aliphatic rings. The number of hydrogen-bond donors (Lipinski definition) is 1. The molecule has 0 spiro atoms. The first-order valence-corrected chi connectivity index (χ1v) is 7.32. The Balaban J connectivity index is 1.93. The van der Waals surface area contributed by atoms with Crippen LogP contribution in [0.2, 0.25) is 0 Å². The van der Waals surface area contributed by atoms with Gasteiger partial charge in [0.05, 0.1) is 11.3 Å². The number of rotatable bonds is 3. The molecule has 0 aliphatic heterocycles. The molecule has 0 saturated heterocycles. The van der Waals surface area contributed by atoms with Crippen LogP contribution in [0.1, 0.15) is 21.7 Å². The predicted molar refractivity (Wildman–Crippen MR) is 89.6 cm³/mol. The topological polar surface area (TPSA) is 64.0 Å². The van der Waals surface area contributed by atoms with Gasteiger partial charge in [0.1, 0.15) is 0 Å². The van der Waals surface area contributed by atoms with Gasteiger partial charge >= 0.3 is 0 Å². The first-order chi connectivity index (χ1) is 11.0. The van der Waals surface area contributed by atoms with Gasteiger partial charge in [-0.25, -0.2) is 0 Å². The minimum Gasteiger partial charge on any atom is -0.319 e. The largest absolute Gasteiger partial charge is 0.319 e. The van der Waals surface area contributed by atoms with E-state index in [0.29, 0.717) is 22.6 Å². The Morgan fingerprint density at radius 2 is 1.74 bits per heavy atom. The molecule has 23 heavy (non-hydrogen) atoms. The number of anilines is 1. The molecule has 1 amide bonds. The highest BCUT2D eigenvalue weighted by atomic mass is 16.2. The van der Waals surface area contributed by atoms with Crippen LogP contribution >= 0.6 is 0 Å². The summed E-state index contributed by atoms with van der Waals surface area (Å²) in [6.45, 7) is 3.50. The zero-order chi connectivity index (χ0) is 16.6. The first kappa shape index (κ1) is 15.0. The number of nitrogens with zero attached hydrogens (tertiary/aromatic N) is 2. The molecule has 3 aromatic rings. The van der Waals surface area contributed by atoms with Crippen molar-refractivity contribution < 1.29 is 9.59 Å². The van der Waals surface area contributed by atoms with Gasteiger partial charge in [-0.1, -0.05) is 36.4 Å². The summed E-state index contributed by atoms with van der Waals surface area (Å²) in [5.41, 5.74) is 2.23. The zero-order valence-corrected chi connectivity index (χ0v) is 13.3. The minimum atomic E-state index is -0.652. The molecule has 1 N–H and O–H groups in total. The summed E-state index contributed by atoms with van der Waals surface area (Å²) >= 11 is 0. The van der Waals surface area contributed by atoms with Crippen molar-refractivity contribution in [1.29, 1.82) is 0 Å². The second kappa shape index (κ2) is 5.68. The van der Waals surface area contributed by atoms with Crippen LogP contribution in [0.5, 0.6) is 0 Å². The summed E-state index contributed by atoms with van der Waals surface area (Å²) in [6, 6.07) is 13.3. The average molecular weight is 307 g/mol. The molecule has 0 radical (unpaired) electrons. The summed E-state index contributed by atoms with van der Waals surface area (Å²) in [4.78, 5) is 24.8. The molecule has 2 aromatic carbocycles. The smallest absolute Gasteiger partial charge is 0.296 e. The molecule has 1 heterocycles. The normalized spacial score (nSPS) is 10.7. The fourth-order valence-electron chi connectivity index (χ4n) is 2.73. The van der Waals surface area contributed by atoms with Crippen molar-refractivity contribution in [2.45, 2.75) is 13.8 Å². The molecule has 3 rings (SSSR count). The van der Waals surface area contributed by atoms with Gasteiger partial charge in [-0.3, -0.25) is 14.3 Å². The third-order valence-corrected chi connectivity index (χ3v) is 3.98. The Morgan fingerprint density at radius 1 is 1.04 bits per heavy atom. The van der Waals surface area contributed by atoms with Gasteiger partial charge in [-0.15, -0.1) is 0 Å². The zero-order valence-electron chi connectivity index (χ0n) is 13.3. The third kappa shape index (κ3) is 2.61. The van der Waals surface area contributed by atoms with E-state index in [1.807, 2.05) is 36.4 Å². The van der Waals surface area contributed by atoms with Gasteiger partial charge in [0.2, 0.25) is 0 Å². The third-order valence-electron chi connectivity index (χ3n) is 3.98. The molecule has 0 unspecified atom stereocenters. The van der Waals surface area contributed by atoms with E-state index in [0.717, 1.165) is 10.8 Å². The lowest BCUT2D eigenvalue weighted by molar-refractivity contribution is -0.112. The number of aryl methyl sites for hydroxylation is 2. The highest BCUT2D eigenvalue weighted by Crippen LogP contribution is 2.23. The number of ketones is 1. The highest BCUT2D eigenvalue weighted by molar-refractivity contribution is 6.47. The van der Waals surface area contributed by atoms with Crippen LogP contribution in [0.4, 0.5) is 5.69 Å². The van der Waals surface area contributed by atoms with Gasteiger partial charge in [-0.05, 0) is 25.3 Å². The van der Waals surface area contributed by atoms with E-state index in [2.05, 4.69) is 10.4 Å². The number of carbonyl (C=O) groups excluding carboxylic acids is 2. The van der Waals surface area contributed by atoms with E-state index in [1.165, 1.54) is 0 Å².